The van der Waals surface area contributed by atoms with Crippen molar-refractivity contribution >= 4 is 11.9 Å². The van der Waals surface area contributed by atoms with Crippen LogP contribution in [0.2, 0.25) is 0 Å². The second kappa shape index (κ2) is 9.52. The zero-order valence-electron chi connectivity index (χ0n) is 19.0. The Morgan fingerprint density at radius 1 is 1.06 bits per heavy atom. The van der Waals surface area contributed by atoms with Gasteiger partial charge in [-0.2, -0.15) is 0 Å². The van der Waals surface area contributed by atoms with Crippen LogP contribution in [-0.4, -0.2) is 60.9 Å². The van der Waals surface area contributed by atoms with E-state index in [-0.39, 0.29) is 24.6 Å². The second-order valence-electron chi connectivity index (χ2n) is 10.1. The maximum atomic E-state index is 13.2. The Morgan fingerprint density at radius 2 is 1.75 bits per heavy atom. The molecule has 6 heteroatoms. The number of benzene rings is 1. The molecular weight excluding hydrogens is 406 g/mol. The predicted molar refractivity (Wildman–Crippen MR) is 119 cm³/mol. The van der Waals surface area contributed by atoms with Crippen LogP contribution in [0.5, 0.6) is 0 Å². The van der Waals surface area contributed by atoms with Crippen molar-refractivity contribution in [3.05, 3.63) is 35.9 Å². The first-order chi connectivity index (χ1) is 15.6. The molecule has 4 fully saturated rings. The van der Waals surface area contributed by atoms with Crippen LogP contribution in [0.1, 0.15) is 69.3 Å². The highest BCUT2D eigenvalue weighted by Crippen LogP contribution is 2.48. The van der Waals surface area contributed by atoms with Crippen molar-refractivity contribution in [3.8, 4) is 0 Å². The summed E-state index contributed by atoms with van der Waals surface area (Å²) in [5.41, 5.74) is 0.833. The molecule has 0 radical (unpaired) electrons. The van der Waals surface area contributed by atoms with Gasteiger partial charge in [0, 0.05) is 31.3 Å². The van der Waals surface area contributed by atoms with Gasteiger partial charge in [-0.1, -0.05) is 62.4 Å². The molecule has 1 saturated carbocycles. The van der Waals surface area contributed by atoms with Gasteiger partial charge in [0.1, 0.15) is 30.8 Å². The van der Waals surface area contributed by atoms with Gasteiger partial charge in [-0.15, -0.1) is 0 Å². The first-order valence-electron chi connectivity index (χ1n) is 12.4. The van der Waals surface area contributed by atoms with Crippen LogP contribution in [0.15, 0.2) is 30.3 Å². The number of epoxide rings is 1. The molecule has 1 aromatic carbocycles. The molecule has 0 aromatic heterocycles. The largest absolute Gasteiger partial charge is 0.464 e. The summed E-state index contributed by atoms with van der Waals surface area (Å²) >= 11 is 0. The first kappa shape index (κ1) is 21.9. The number of piperidine rings is 1. The maximum Gasteiger partial charge on any atom is 0.317 e. The van der Waals surface area contributed by atoms with Gasteiger partial charge in [-0.05, 0) is 24.9 Å². The molecule has 0 amide bonds. The minimum absolute atomic E-state index is 0.0419. The number of rotatable bonds is 8. The quantitative estimate of drug-likeness (QED) is 0.451. The Hall–Kier alpha value is -1.92. The Bertz CT molecular complexity index is 790. The normalized spacial score (nSPS) is 32.7. The number of hydrogen-bond acceptors (Lipinski definition) is 6. The number of fused-ring (bicyclic) bond motifs is 5. The van der Waals surface area contributed by atoms with Crippen molar-refractivity contribution in [3.63, 3.8) is 0 Å². The number of likely N-dealkylation sites (N-methyl/N-ethyl adjacent to an activating group) is 1. The Morgan fingerprint density at radius 3 is 2.44 bits per heavy atom. The fourth-order valence-electron chi connectivity index (χ4n) is 6.08. The number of morpholine rings is 1. The average Bonchev–Trinajstić information content (AvgIpc) is 3.58. The smallest absolute Gasteiger partial charge is 0.317 e. The van der Waals surface area contributed by atoms with Crippen molar-refractivity contribution in [1.82, 2.24) is 4.90 Å². The van der Waals surface area contributed by atoms with E-state index in [0.29, 0.717) is 36.6 Å². The Labute approximate surface area is 190 Å². The highest BCUT2D eigenvalue weighted by molar-refractivity contribution is 5.79. The van der Waals surface area contributed by atoms with Crippen LogP contribution in [0, 0.1) is 5.92 Å². The number of carbonyl (C=O) groups is 2. The third-order valence-corrected chi connectivity index (χ3v) is 8.04. The van der Waals surface area contributed by atoms with E-state index in [2.05, 4.69) is 11.9 Å². The van der Waals surface area contributed by atoms with Gasteiger partial charge in [-0.25, -0.2) is 0 Å². The summed E-state index contributed by atoms with van der Waals surface area (Å²) in [6.07, 6.45) is 9.76. The average molecular weight is 442 g/mol. The van der Waals surface area contributed by atoms with E-state index in [4.69, 9.17) is 14.2 Å². The topological polar surface area (TPSA) is 68.4 Å². The number of ether oxygens (including phenoxy) is 3. The molecule has 174 valence electrons. The summed E-state index contributed by atoms with van der Waals surface area (Å²) in [5.74, 6) is -0.446. The van der Waals surface area contributed by atoms with Gasteiger partial charge in [-0.3, -0.25) is 14.5 Å². The van der Waals surface area contributed by atoms with Crippen LogP contribution >= 0.6 is 0 Å². The lowest BCUT2D eigenvalue weighted by atomic mass is 9.86. The van der Waals surface area contributed by atoms with E-state index in [1.807, 2.05) is 30.3 Å². The lowest BCUT2D eigenvalue weighted by Crippen LogP contribution is -2.48. The van der Waals surface area contributed by atoms with E-state index in [1.54, 1.807) is 0 Å². The van der Waals surface area contributed by atoms with Gasteiger partial charge in [0.05, 0.1) is 0 Å². The van der Waals surface area contributed by atoms with E-state index in [1.165, 1.54) is 32.1 Å². The molecule has 3 saturated heterocycles. The number of esters is 2. The Kier molecular flexibility index (Phi) is 6.51. The van der Waals surface area contributed by atoms with Crippen molar-refractivity contribution in [2.75, 3.05) is 13.7 Å². The molecule has 6 atom stereocenters. The highest BCUT2D eigenvalue weighted by atomic mass is 16.6. The zero-order valence-corrected chi connectivity index (χ0v) is 19.0. The van der Waals surface area contributed by atoms with Crippen molar-refractivity contribution in [2.45, 2.75) is 94.1 Å². The van der Waals surface area contributed by atoms with E-state index >= 15 is 0 Å². The molecule has 0 spiro atoms. The zero-order chi connectivity index (χ0) is 22.1. The van der Waals surface area contributed by atoms with Crippen LogP contribution in [-0.2, 0) is 23.8 Å². The second-order valence-corrected chi connectivity index (χ2v) is 10.1. The summed E-state index contributed by atoms with van der Waals surface area (Å²) in [6, 6.07) is 10.2. The predicted octanol–water partition coefficient (Wildman–Crippen LogP) is 3.83. The minimum Gasteiger partial charge on any atom is -0.464 e. The molecule has 3 heterocycles. The molecule has 1 aliphatic carbocycles. The van der Waals surface area contributed by atoms with Crippen molar-refractivity contribution in [2.24, 2.45) is 5.92 Å². The maximum absolute atomic E-state index is 13.2. The van der Waals surface area contributed by atoms with Crippen LogP contribution in [0.4, 0.5) is 0 Å². The Balaban J connectivity index is 1.16. The number of hydrogen-bond donors (Lipinski definition) is 0. The molecule has 0 N–H and O–H groups in total. The third-order valence-electron chi connectivity index (χ3n) is 8.04. The molecule has 1 aromatic rings. The monoisotopic (exact) mass is 441 g/mol. The van der Waals surface area contributed by atoms with E-state index in [0.717, 1.165) is 24.8 Å². The van der Waals surface area contributed by atoms with Crippen LogP contribution in [0.3, 0.4) is 0 Å². The SMILES string of the molecule is CN1[C@@H]2CC(OC(=O)[C@H](COC(=O)CCC3CCCCC3)c3ccccc3)C[C@H]1[C@@H]1O[C@@H]12. The fourth-order valence-corrected chi connectivity index (χ4v) is 6.08. The summed E-state index contributed by atoms with van der Waals surface area (Å²) in [6.45, 7) is 0.0419. The first-order valence-corrected chi connectivity index (χ1v) is 12.4. The lowest BCUT2D eigenvalue weighted by Gasteiger charge is -2.38. The standard InChI is InChI=1S/C26H35NO5/c1-27-21-14-19(15-22(27)25-24(21)32-25)31-26(29)20(18-10-6-3-7-11-18)16-30-23(28)13-12-17-8-4-2-5-9-17/h3,6-7,10-11,17,19-22,24-25H,2,4-5,8-9,12-16H2,1H3/t19?,20-,21-,22+,24-,25+/m1/s1. The van der Waals surface area contributed by atoms with Gasteiger partial charge >= 0.3 is 11.9 Å². The fraction of sp³-hybridized carbons (Fsp3) is 0.692. The molecule has 3 aliphatic heterocycles. The molecule has 4 aliphatic rings. The van der Waals surface area contributed by atoms with Gasteiger partial charge < -0.3 is 14.2 Å². The van der Waals surface area contributed by atoms with E-state index in [9.17, 15) is 9.59 Å². The van der Waals surface area contributed by atoms with Crippen LogP contribution in [0.25, 0.3) is 0 Å². The van der Waals surface area contributed by atoms with Crippen LogP contribution < -0.4 is 0 Å². The molecule has 6 nitrogen and oxygen atoms in total. The summed E-state index contributed by atoms with van der Waals surface area (Å²) < 4.78 is 17.3. The summed E-state index contributed by atoms with van der Waals surface area (Å²) in [4.78, 5) is 28.0. The van der Waals surface area contributed by atoms with Gasteiger partial charge in [0.15, 0.2) is 0 Å². The molecule has 2 bridgehead atoms. The third kappa shape index (κ3) is 4.72. The van der Waals surface area contributed by atoms with E-state index < -0.39 is 5.92 Å². The van der Waals surface area contributed by atoms with Crippen molar-refractivity contribution in [1.29, 1.82) is 0 Å². The van der Waals surface area contributed by atoms with Gasteiger partial charge in [0.2, 0.25) is 0 Å². The summed E-state index contributed by atoms with van der Waals surface area (Å²) in [7, 11) is 2.14. The lowest BCUT2D eigenvalue weighted by molar-refractivity contribution is -0.159. The van der Waals surface area contributed by atoms with Gasteiger partial charge in [0.25, 0.3) is 0 Å². The molecule has 1 unspecified atom stereocenters. The van der Waals surface area contributed by atoms with Crippen molar-refractivity contribution < 1.29 is 23.8 Å². The number of nitrogens with zero attached hydrogens (tertiary/aromatic N) is 1. The highest BCUT2D eigenvalue weighted by Gasteiger charge is 2.62. The molecule has 5 rings (SSSR count). The molecule has 32 heavy (non-hydrogen) atoms. The minimum atomic E-state index is -0.585. The number of carbonyl (C=O) groups excluding carboxylic acids is 2. The molecular formula is C26H35NO5. The summed E-state index contributed by atoms with van der Waals surface area (Å²) in [5, 5.41) is 0.